The summed E-state index contributed by atoms with van der Waals surface area (Å²) in [5.41, 5.74) is 0. The monoisotopic (exact) mass is 216 g/mol. The summed E-state index contributed by atoms with van der Waals surface area (Å²) >= 11 is 3.38. The molecule has 0 aliphatic heterocycles. The van der Waals surface area contributed by atoms with E-state index < -0.39 is 0 Å². The van der Waals surface area contributed by atoms with Crippen molar-refractivity contribution in [3.63, 3.8) is 0 Å². The smallest absolute Gasteiger partial charge is 0.177 e. The number of rotatable bonds is 3. The van der Waals surface area contributed by atoms with Crippen molar-refractivity contribution in [3.05, 3.63) is 17.1 Å². The van der Waals surface area contributed by atoms with Crippen LogP contribution in [0.3, 0.4) is 0 Å². The Balaban J connectivity index is 2.56. The summed E-state index contributed by atoms with van der Waals surface area (Å²) in [7, 11) is 0. The van der Waals surface area contributed by atoms with Crippen LogP contribution in [0.25, 0.3) is 0 Å². The normalized spacial score (nSPS) is 13.4. The lowest BCUT2D eigenvalue weighted by Crippen LogP contribution is -2.05. The predicted molar refractivity (Wildman–Crippen MR) is 49.4 cm³/mol. The van der Waals surface area contributed by atoms with Crippen molar-refractivity contribution in [3.8, 4) is 0 Å². The Hall–Kier alpha value is -0.310. The van der Waals surface area contributed by atoms with Crippen LogP contribution in [-0.4, -0.2) is 9.55 Å². The Kier molecular flexibility index (Phi) is 3.12. The predicted octanol–water partition coefficient (Wildman–Crippen LogP) is 2.69. The average molecular weight is 217 g/mol. The fourth-order valence-electron chi connectivity index (χ4n) is 0.912. The standard InChI is InChI=1S/C8H13BrN2/c1-3-7(2)6-11-5-4-10-8(11)9/h4-5,7H,3,6H2,1-2H3. The highest BCUT2D eigenvalue weighted by Gasteiger charge is 2.02. The van der Waals surface area contributed by atoms with Gasteiger partial charge in [-0.05, 0) is 21.8 Å². The Labute approximate surface area is 75.8 Å². The van der Waals surface area contributed by atoms with Gasteiger partial charge in [0.2, 0.25) is 0 Å². The van der Waals surface area contributed by atoms with E-state index >= 15 is 0 Å². The molecule has 0 aromatic carbocycles. The number of halogens is 1. The average Bonchev–Trinajstić information content (AvgIpc) is 2.37. The van der Waals surface area contributed by atoms with Gasteiger partial charge < -0.3 is 4.57 Å². The summed E-state index contributed by atoms with van der Waals surface area (Å²) in [4.78, 5) is 4.08. The highest BCUT2D eigenvalue weighted by Crippen LogP contribution is 2.11. The Morgan fingerprint density at radius 1 is 1.73 bits per heavy atom. The first-order valence-electron chi connectivity index (χ1n) is 3.90. The van der Waals surface area contributed by atoms with Gasteiger partial charge in [-0.1, -0.05) is 20.3 Å². The molecule has 1 rings (SSSR count). The molecule has 0 N–H and O–H groups in total. The van der Waals surface area contributed by atoms with Gasteiger partial charge in [0.1, 0.15) is 0 Å². The first-order valence-corrected chi connectivity index (χ1v) is 4.70. The molecule has 0 saturated heterocycles. The highest BCUT2D eigenvalue weighted by atomic mass is 79.9. The maximum absolute atomic E-state index is 4.08. The fraction of sp³-hybridized carbons (Fsp3) is 0.625. The molecule has 0 amide bonds. The molecule has 0 radical (unpaired) electrons. The molecule has 1 heterocycles. The Bertz CT molecular complexity index is 220. The first-order chi connectivity index (χ1) is 5.24. The van der Waals surface area contributed by atoms with Crippen LogP contribution < -0.4 is 0 Å². The summed E-state index contributed by atoms with van der Waals surface area (Å²) in [6.07, 6.45) is 5.02. The summed E-state index contributed by atoms with van der Waals surface area (Å²) < 4.78 is 3.05. The van der Waals surface area contributed by atoms with Crippen molar-refractivity contribution in [2.45, 2.75) is 26.8 Å². The summed E-state index contributed by atoms with van der Waals surface area (Å²) in [6.45, 7) is 5.50. The van der Waals surface area contributed by atoms with Crippen molar-refractivity contribution in [2.75, 3.05) is 0 Å². The molecule has 1 unspecified atom stereocenters. The van der Waals surface area contributed by atoms with E-state index in [1.807, 2.05) is 12.4 Å². The minimum Gasteiger partial charge on any atom is -0.325 e. The van der Waals surface area contributed by atoms with E-state index in [0.29, 0.717) is 0 Å². The lowest BCUT2D eigenvalue weighted by atomic mass is 10.1. The SMILES string of the molecule is CCC(C)Cn1ccnc1Br. The van der Waals surface area contributed by atoms with Gasteiger partial charge in [0.25, 0.3) is 0 Å². The highest BCUT2D eigenvalue weighted by molar-refractivity contribution is 9.10. The molecular weight excluding hydrogens is 204 g/mol. The van der Waals surface area contributed by atoms with E-state index in [9.17, 15) is 0 Å². The van der Waals surface area contributed by atoms with E-state index in [1.54, 1.807) is 0 Å². The van der Waals surface area contributed by atoms with Crippen LogP contribution in [0.15, 0.2) is 17.1 Å². The van der Waals surface area contributed by atoms with Gasteiger partial charge >= 0.3 is 0 Å². The number of nitrogens with zero attached hydrogens (tertiary/aromatic N) is 2. The largest absolute Gasteiger partial charge is 0.325 e. The quantitative estimate of drug-likeness (QED) is 0.761. The molecular formula is C8H13BrN2. The molecule has 3 heteroatoms. The summed E-state index contributed by atoms with van der Waals surface area (Å²) in [5, 5.41) is 0. The zero-order valence-electron chi connectivity index (χ0n) is 6.92. The first kappa shape index (κ1) is 8.78. The molecule has 0 aliphatic carbocycles. The minimum atomic E-state index is 0.723. The van der Waals surface area contributed by atoms with Crippen LogP contribution in [0.2, 0.25) is 0 Å². The van der Waals surface area contributed by atoms with Crippen LogP contribution in [0.5, 0.6) is 0 Å². The molecule has 1 aromatic heterocycles. The zero-order chi connectivity index (χ0) is 8.27. The second-order valence-corrected chi connectivity index (χ2v) is 3.57. The van der Waals surface area contributed by atoms with E-state index in [2.05, 4.69) is 39.3 Å². The van der Waals surface area contributed by atoms with Crippen LogP contribution in [0.4, 0.5) is 0 Å². The van der Waals surface area contributed by atoms with E-state index in [0.717, 1.165) is 17.2 Å². The van der Waals surface area contributed by atoms with Gasteiger partial charge in [0, 0.05) is 18.9 Å². The topological polar surface area (TPSA) is 17.8 Å². The lowest BCUT2D eigenvalue weighted by Gasteiger charge is -2.09. The maximum Gasteiger partial charge on any atom is 0.177 e. The van der Waals surface area contributed by atoms with Gasteiger partial charge in [-0.15, -0.1) is 0 Å². The molecule has 0 fully saturated rings. The number of hydrogen-bond donors (Lipinski definition) is 0. The van der Waals surface area contributed by atoms with Crippen molar-refractivity contribution in [1.82, 2.24) is 9.55 Å². The molecule has 1 aromatic rings. The molecule has 11 heavy (non-hydrogen) atoms. The van der Waals surface area contributed by atoms with Crippen molar-refractivity contribution in [1.29, 1.82) is 0 Å². The van der Waals surface area contributed by atoms with Gasteiger partial charge in [-0.3, -0.25) is 0 Å². The van der Waals surface area contributed by atoms with Crippen LogP contribution in [-0.2, 0) is 6.54 Å². The van der Waals surface area contributed by atoms with Gasteiger partial charge in [0.15, 0.2) is 4.73 Å². The molecule has 0 spiro atoms. The zero-order valence-corrected chi connectivity index (χ0v) is 8.50. The van der Waals surface area contributed by atoms with Crippen molar-refractivity contribution < 1.29 is 0 Å². The fourth-order valence-corrected chi connectivity index (χ4v) is 1.29. The van der Waals surface area contributed by atoms with Crippen molar-refractivity contribution >= 4 is 15.9 Å². The third-order valence-electron chi connectivity index (χ3n) is 1.87. The second-order valence-electron chi connectivity index (χ2n) is 2.86. The summed E-state index contributed by atoms with van der Waals surface area (Å²) in [5.74, 6) is 0.723. The number of hydrogen-bond acceptors (Lipinski definition) is 1. The summed E-state index contributed by atoms with van der Waals surface area (Å²) in [6, 6.07) is 0. The minimum absolute atomic E-state index is 0.723. The third-order valence-corrected chi connectivity index (χ3v) is 2.53. The van der Waals surface area contributed by atoms with Gasteiger partial charge in [-0.2, -0.15) is 0 Å². The molecule has 1 atom stereocenters. The molecule has 2 nitrogen and oxygen atoms in total. The van der Waals surface area contributed by atoms with E-state index in [-0.39, 0.29) is 0 Å². The maximum atomic E-state index is 4.08. The second kappa shape index (κ2) is 3.90. The lowest BCUT2D eigenvalue weighted by molar-refractivity contribution is 0.463. The molecule has 62 valence electrons. The van der Waals surface area contributed by atoms with Crippen molar-refractivity contribution in [2.24, 2.45) is 5.92 Å². The molecule has 0 saturated carbocycles. The van der Waals surface area contributed by atoms with Crippen LogP contribution in [0, 0.1) is 5.92 Å². The third kappa shape index (κ3) is 2.33. The van der Waals surface area contributed by atoms with Crippen LogP contribution >= 0.6 is 15.9 Å². The Morgan fingerprint density at radius 2 is 2.45 bits per heavy atom. The van der Waals surface area contributed by atoms with E-state index in [4.69, 9.17) is 0 Å². The van der Waals surface area contributed by atoms with Crippen LogP contribution in [0.1, 0.15) is 20.3 Å². The van der Waals surface area contributed by atoms with Gasteiger partial charge in [-0.25, -0.2) is 4.98 Å². The van der Waals surface area contributed by atoms with E-state index in [1.165, 1.54) is 6.42 Å². The molecule has 0 bridgehead atoms. The molecule has 0 aliphatic rings. The van der Waals surface area contributed by atoms with Gasteiger partial charge in [0.05, 0.1) is 0 Å². The number of aromatic nitrogens is 2. The number of imidazole rings is 1. The Morgan fingerprint density at radius 3 is 2.91 bits per heavy atom.